The minimum Gasteiger partial charge on any atom is -0.481 e. The summed E-state index contributed by atoms with van der Waals surface area (Å²) in [6, 6.07) is 7.36. The van der Waals surface area contributed by atoms with Crippen molar-refractivity contribution >= 4 is 5.97 Å². The molecule has 0 aliphatic rings. The van der Waals surface area contributed by atoms with Crippen LogP contribution in [0.5, 0.6) is 5.88 Å². The van der Waals surface area contributed by atoms with Crippen LogP contribution in [0.4, 0.5) is 0 Å². The Balaban J connectivity index is 1.86. The van der Waals surface area contributed by atoms with Crippen molar-refractivity contribution in [3.8, 4) is 5.88 Å². The van der Waals surface area contributed by atoms with E-state index in [9.17, 15) is 4.79 Å². The van der Waals surface area contributed by atoms with E-state index in [1.54, 1.807) is 19.4 Å². The topological polar surface area (TPSA) is 76.2 Å². The number of rotatable bonds is 6. The summed E-state index contributed by atoms with van der Waals surface area (Å²) < 4.78 is 9.70. The van der Waals surface area contributed by atoms with Gasteiger partial charge in [0.2, 0.25) is 5.88 Å². The molecule has 2 N–H and O–H groups in total. The smallest absolute Gasteiger partial charge is 0.354 e. The largest absolute Gasteiger partial charge is 0.481 e. The van der Waals surface area contributed by atoms with Crippen molar-refractivity contribution in [2.24, 2.45) is 0 Å². The number of esters is 1. The molecule has 6 nitrogen and oxygen atoms in total. The molecule has 0 fully saturated rings. The van der Waals surface area contributed by atoms with Crippen LogP contribution in [0.1, 0.15) is 21.7 Å². The number of aromatic nitrogens is 2. The Labute approximate surface area is 117 Å². The van der Waals surface area contributed by atoms with Crippen LogP contribution in [0.3, 0.4) is 0 Å². The predicted molar refractivity (Wildman–Crippen MR) is 73.5 cm³/mol. The standard InChI is InChI=1S/C14H17N3O3/c1-19-13-7-10(5-6-16-13)8-15-9-11-3-4-12(17-11)14(18)20-2/h3-7,15,17H,8-9H2,1-2H3. The molecule has 2 aromatic rings. The van der Waals surface area contributed by atoms with Gasteiger partial charge >= 0.3 is 5.97 Å². The molecule has 0 aromatic carbocycles. The number of nitrogens with zero attached hydrogens (tertiary/aromatic N) is 1. The average Bonchev–Trinajstić information content (AvgIpc) is 2.95. The molecular formula is C14H17N3O3. The molecule has 0 bridgehead atoms. The van der Waals surface area contributed by atoms with Gasteiger partial charge in [0.1, 0.15) is 5.69 Å². The van der Waals surface area contributed by atoms with Crippen LogP contribution in [0.15, 0.2) is 30.5 Å². The third kappa shape index (κ3) is 3.58. The Kier molecular flexibility index (Phi) is 4.73. The molecule has 106 valence electrons. The monoisotopic (exact) mass is 275 g/mol. The van der Waals surface area contributed by atoms with E-state index < -0.39 is 0 Å². The quantitative estimate of drug-likeness (QED) is 0.781. The van der Waals surface area contributed by atoms with Crippen LogP contribution in [0, 0.1) is 0 Å². The number of hydrogen-bond donors (Lipinski definition) is 2. The Bertz CT molecular complexity index is 581. The number of methoxy groups -OCH3 is 2. The Morgan fingerprint density at radius 2 is 2.15 bits per heavy atom. The zero-order valence-corrected chi connectivity index (χ0v) is 11.5. The van der Waals surface area contributed by atoms with Crippen molar-refractivity contribution < 1.29 is 14.3 Å². The summed E-state index contributed by atoms with van der Waals surface area (Å²) in [6.45, 7) is 1.31. The zero-order valence-electron chi connectivity index (χ0n) is 11.5. The van der Waals surface area contributed by atoms with Gasteiger partial charge < -0.3 is 19.8 Å². The lowest BCUT2D eigenvalue weighted by molar-refractivity contribution is 0.0594. The molecule has 20 heavy (non-hydrogen) atoms. The van der Waals surface area contributed by atoms with Crippen LogP contribution in [-0.4, -0.2) is 30.2 Å². The number of hydrogen-bond acceptors (Lipinski definition) is 5. The van der Waals surface area contributed by atoms with Gasteiger partial charge in [-0.2, -0.15) is 0 Å². The van der Waals surface area contributed by atoms with Crippen molar-refractivity contribution in [1.29, 1.82) is 0 Å². The lowest BCUT2D eigenvalue weighted by atomic mass is 10.2. The summed E-state index contributed by atoms with van der Waals surface area (Å²) in [4.78, 5) is 18.3. The van der Waals surface area contributed by atoms with Gasteiger partial charge in [0.05, 0.1) is 14.2 Å². The molecule has 2 aromatic heterocycles. The maximum absolute atomic E-state index is 11.3. The molecule has 0 atom stereocenters. The molecule has 0 unspecified atom stereocenters. The van der Waals surface area contributed by atoms with Gasteiger partial charge in [-0.05, 0) is 23.8 Å². The highest BCUT2D eigenvalue weighted by atomic mass is 16.5. The molecular weight excluding hydrogens is 258 g/mol. The lowest BCUT2D eigenvalue weighted by Gasteiger charge is -2.05. The molecule has 0 amide bonds. The van der Waals surface area contributed by atoms with E-state index in [4.69, 9.17) is 4.74 Å². The van der Waals surface area contributed by atoms with E-state index in [0.717, 1.165) is 11.3 Å². The number of H-pyrrole nitrogens is 1. The molecule has 2 rings (SSSR count). The van der Waals surface area contributed by atoms with Crippen molar-refractivity contribution in [1.82, 2.24) is 15.3 Å². The van der Waals surface area contributed by atoms with Gasteiger partial charge in [-0.3, -0.25) is 0 Å². The van der Waals surface area contributed by atoms with Gasteiger partial charge in [-0.25, -0.2) is 9.78 Å². The number of aromatic amines is 1. The fourth-order valence-corrected chi connectivity index (χ4v) is 1.79. The highest BCUT2D eigenvalue weighted by Crippen LogP contribution is 2.08. The third-order valence-electron chi connectivity index (χ3n) is 2.80. The highest BCUT2D eigenvalue weighted by molar-refractivity contribution is 5.87. The summed E-state index contributed by atoms with van der Waals surface area (Å²) in [7, 11) is 2.95. The second kappa shape index (κ2) is 6.72. The fourth-order valence-electron chi connectivity index (χ4n) is 1.79. The zero-order chi connectivity index (χ0) is 14.4. The normalized spacial score (nSPS) is 10.3. The number of carbonyl (C=O) groups is 1. The second-order valence-corrected chi connectivity index (χ2v) is 4.20. The minimum atomic E-state index is -0.366. The molecule has 0 aliphatic heterocycles. The van der Waals surface area contributed by atoms with E-state index in [1.807, 2.05) is 18.2 Å². The van der Waals surface area contributed by atoms with Crippen LogP contribution >= 0.6 is 0 Å². The van der Waals surface area contributed by atoms with Crippen molar-refractivity contribution in [3.63, 3.8) is 0 Å². The van der Waals surface area contributed by atoms with E-state index in [0.29, 0.717) is 24.7 Å². The highest BCUT2D eigenvalue weighted by Gasteiger charge is 2.07. The van der Waals surface area contributed by atoms with Crippen LogP contribution in [-0.2, 0) is 17.8 Å². The number of carbonyl (C=O) groups excluding carboxylic acids is 1. The fraction of sp³-hybridized carbons (Fsp3) is 0.286. The van der Waals surface area contributed by atoms with E-state index >= 15 is 0 Å². The molecule has 0 aliphatic carbocycles. The number of pyridine rings is 1. The van der Waals surface area contributed by atoms with Crippen LogP contribution in [0.25, 0.3) is 0 Å². The minimum absolute atomic E-state index is 0.366. The Morgan fingerprint density at radius 3 is 2.90 bits per heavy atom. The Hall–Kier alpha value is -2.34. The number of ether oxygens (including phenoxy) is 2. The summed E-state index contributed by atoms with van der Waals surface area (Å²) in [6.07, 6.45) is 1.71. The van der Waals surface area contributed by atoms with Crippen molar-refractivity contribution in [2.75, 3.05) is 14.2 Å². The summed E-state index contributed by atoms with van der Waals surface area (Å²) in [5, 5.41) is 3.27. The van der Waals surface area contributed by atoms with Crippen molar-refractivity contribution in [3.05, 3.63) is 47.4 Å². The predicted octanol–water partition coefficient (Wildman–Crippen LogP) is 1.49. The first kappa shape index (κ1) is 14.1. The summed E-state index contributed by atoms with van der Waals surface area (Å²) in [5.41, 5.74) is 2.46. The first-order chi connectivity index (χ1) is 9.72. The number of nitrogens with one attached hydrogen (secondary N) is 2. The average molecular weight is 275 g/mol. The van der Waals surface area contributed by atoms with E-state index in [2.05, 4.69) is 20.0 Å². The molecule has 2 heterocycles. The molecule has 0 saturated heterocycles. The van der Waals surface area contributed by atoms with Gasteiger partial charge in [-0.1, -0.05) is 0 Å². The second-order valence-electron chi connectivity index (χ2n) is 4.20. The molecule has 0 radical (unpaired) electrons. The maximum atomic E-state index is 11.3. The van der Waals surface area contributed by atoms with Crippen LogP contribution < -0.4 is 10.1 Å². The first-order valence-electron chi connectivity index (χ1n) is 6.18. The summed E-state index contributed by atoms with van der Waals surface area (Å²) in [5.74, 6) is 0.229. The van der Waals surface area contributed by atoms with E-state index in [1.165, 1.54) is 7.11 Å². The summed E-state index contributed by atoms with van der Waals surface area (Å²) >= 11 is 0. The van der Waals surface area contributed by atoms with Crippen LogP contribution in [0.2, 0.25) is 0 Å². The van der Waals surface area contributed by atoms with Crippen molar-refractivity contribution in [2.45, 2.75) is 13.1 Å². The van der Waals surface area contributed by atoms with Gasteiger partial charge in [0, 0.05) is 31.0 Å². The molecule has 6 heteroatoms. The Morgan fingerprint density at radius 1 is 1.30 bits per heavy atom. The maximum Gasteiger partial charge on any atom is 0.354 e. The SMILES string of the molecule is COC(=O)c1ccc(CNCc2ccnc(OC)c2)[nH]1. The first-order valence-corrected chi connectivity index (χ1v) is 6.18. The van der Waals surface area contributed by atoms with Gasteiger partial charge in [-0.15, -0.1) is 0 Å². The van der Waals surface area contributed by atoms with Gasteiger partial charge in [0.15, 0.2) is 0 Å². The van der Waals surface area contributed by atoms with E-state index in [-0.39, 0.29) is 5.97 Å². The molecule has 0 spiro atoms. The molecule has 0 saturated carbocycles. The lowest BCUT2D eigenvalue weighted by Crippen LogP contribution is -2.13. The van der Waals surface area contributed by atoms with Gasteiger partial charge in [0.25, 0.3) is 0 Å². The third-order valence-corrected chi connectivity index (χ3v) is 2.80.